The zero-order chi connectivity index (χ0) is 16.2. The number of amides is 1. The second kappa shape index (κ2) is 6.48. The van der Waals surface area contributed by atoms with Crippen LogP contribution in [0.5, 0.6) is 0 Å². The third-order valence-corrected chi connectivity index (χ3v) is 3.64. The van der Waals surface area contributed by atoms with E-state index in [9.17, 15) is 9.59 Å². The fraction of sp³-hybridized carbons (Fsp3) is 0.158. The van der Waals surface area contributed by atoms with Crippen molar-refractivity contribution in [3.63, 3.8) is 0 Å². The first-order valence-electron chi connectivity index (χ1n) is 7.60. The Morgan fingerprint density at radius 2 is 1.83 bits per heavy atom. The van der Waals surface area contributed by atoms with E-state index in [1.807, 2.05) is 30.3 Å². The Bertz CT molecular complexity index is 894. The first-order chi connectivity index (χ1) is 11.2. The van der Waals surface area contributed by atoms with Crippen molar-refractivity contribution in [2.45, 2.75) is 19.8 Å². The van der Waals surface area contributed by atoms with Crippen LogP contribution in [0.2, 0.25) is 0 Å². The number of hydrogen-bond donors (Lipinski definition) is 1. The van der Waals surface area contributed by atoms with Gasteiger partial charge in [0.1, 0.15) is 11.1 Å². The summed E-state index contributed by atoms with van der Waals surface area (Å²) < 4.78 is 5.19. The summed E-state index contributed by atoms with van der Waals surface area (Å²) in [5, 5.41) is 3.45. The van der Waals surface area contributed by atoms with Crippen LogP contribution in [0.4, 0.5) is 5.69 Å². The molecule has 23 heavy (non-hydrogen) atoms. The largest absolute Gasteiger partial charge is 0.422 e. The fourth-order valence-corrected chi connectivity index (χ4v) is 2.46. The molecule has 0 radical (unpaired) electrons. The highest BCUT2D eigenvalue weighted by Crippen LogP contribution is 2.15. The minimum absolute atomic E-state index is 0.00124. The summed E-state index contributed by atoms with van der Waals surface area (Å²) >= 11 is 0. The van der Waals surface area contributed by atoms with Crippen molar-refractivity contribution in [1.29, 1.82) is 0 Å². The molecule has 3 rings (SSSR count). The van der Waals surface area contributed by atoms with Gasteiger partial charge in [0.25, 0.3) is 5.91 Å². The predicted octanol–water partition coefficient (Wildman–Crippen LogP) is 4.00. The summed E-state index contributed by atoms with van der Waals surface area (Å²) in [7, 11) is 0. The number of carbonyl (C=O) groups is 1. The Balaban J connectivity index is 1.85. The molecule has 1 heterocycles. The minimum Gasteiger partial charge on any atom is -0.422 e. The molecule has 2 aromatic carbocycles. The van der Waals surface area contributed by atoms with Gasteiger partial charge in [0.05, 0.1) is 0 Å². The zero-order valence-electron chi connectivity index (χ0n) is 12.8. The van der Waals surface area contributed by atoms with E-state index in [0.29, 0.717) is 11.3 Å². The number of benzene rings is 2. The smallest absolute Gasteiger partial charge is 0.349 e. The number of aryl methyl sites for hydroxylation is 1. The maximum atomic E-state index is 12.3. The molecule has 0 aliphatic carbocycles. The van der Waals surface area contributed by atoms with Gasteiger partial charge >= 0.3 is 5.63 Å². The van der Waals surface area contributed by atoms with Gasteiger partial charge in [-0.2, -0.15) is 0 Å². The van der Waals surface area contributed by atoms with Crippen LogP contribution in [0.3, 0.4) is 0 Å². The van der Waals surface area contributed by atoms with Gasteiger partial charge in [0.2, 0.25) is 0 Å². The number of nitrogens with one attached hydrogen (secondary N) is 1. The molecule has 1 N–H and O–H groups in total. The van der Waals surface area contributed by atoms with E-state index in [2.05, 4.69) is 12.2 Å². The van der Waals surface area contributed by atoms with Gasteiger partial charge < -0.3 is 9.73 Å². The number of hydrogen-bond acceptors (Lipinski definition) is 3. The molecule has 0 spiro atoms. The van der Waals surface area contributed by atoms with Crippen LogP contribution in [-0.2, 0) is 6.42 Å². The molecule has 0 atom stereocenters. The second-order valence-corrected chi connectivity index (χ2v) is 5.39. The van der Waals surface area contributed by atoms with E-state index in [-0.39, 0.29) is 5.56 Å². The maximum Gasteiger partial charge on any atom is 0.349 e. The normalized spacial score (nSPS) is 10.7. The quantitative estimate of drug-likeness (QED) is 0.741. The van der Waals surface area contributed by atoms with Crippen LogP contribution >= 0.6 is 0 Å². The number of fused-ring (bicyclic) bond motifs is 1. The molecule has 0 bridgehead atoms. The summed E-state index contributed by atoms with van der Waals surface area (Å²) in [6.45, 7) is 2.12. The monoisotopic (exact) mass is 307 g/mol. The Kier molecular flexibility index (Phi) is 4.24. The first-order valence-corrected chi connectivity index (χ1v) is 7.60. The third-order valence-electron chi connectivity index (χ3n) is 3.64. The standard InChI is InChI=1S/C19H17NO3/c1-2-5-13-8-10-15(11-9-13)20-18(21)16-12-14-6-3-4-7-17(14)23-19(16)22/h3-4,6-12H,2,5H2,1H3,(H,20,21). The molecule has 0 unspecified atom stereocenters. The summed E-state index contributed by atoms with van der Waals surface area (Å²) in [6, 6.07) is 16.3. The lowest BCUT2D eigenvalue weighted by atomic mass is 10.1. The topological polar surface area (TPSA) is 59.3 Å². The molecule has 0 aliphatic heterocycles. The second-order valence-electron chi connectivity index (χ2n) is 5.39. The average Bonchev–Trinajstić information content (AvgIpc) is 2.56. The van der Waals surface area contributed by atoms with Crippen molar-refractivity contribution in [2.24, 2.45) is 0 Å². The van der Waals surface area contributed by atoms with E-state index >= 15 is 0 Å². The predicted molar refractivity (Wildman–Crippen MR) is 90.9 cm³/mol. The van der Waals surface area contributed by atoms with Gasteiger partial charge in [0.15, 0.2) is 0 Å². The molecular formula is C19H17NO3. The Morgan fingerprint density at radius 3 is 2.57 bits per heavy atom. The Hall–Kier alpha value is -2.88. The van der Waals surface area contributed by atoms with Gasteiger partial charge in [-0.15, -0.1) is 0 Å². The summed E-state index contributed by atoms with van der Waals surface area (Å²) in [5.41, 5.74) is 1.71. The van der Waals surface area contributed by atoms with E-state index in [0.717, 1.165) is 18.2 Å². The van der Waals surface area contributed by atoms with E-state index in [1.54, 1.807) is 24.3 Å². The molecule has 1 amide bonds. The molecule has 4 heteroatoms. The zero-order valence-corrected chi connectivity index (χ0v) is 12.8. The van der Waals surface area contributed by atoms with Crippen LogP contribution < -0.4 is 10.9 Å². The molecule has 0 saturated carbocycles. The lowest BCUT2D eigenvalue weighted by Crippen LogP contribution is -2.20. The van der Waals surface area contributed by atoms with Crippen LogP contribution in [0.25, 0.3) is 11.0 Å². The SMILES string of the molecule is CCCc1ccc(NC(=O)c2cc3ccccc3oc2=O)cc1. The molecule has 4 nitrogen and oxygen atoms in total. The molecular weight excluding hydrogens is 290 g/mol. The highest BCUT2D eigenvalue weighted by molar-refractivity contribution is 6.05. The van der Waals surface area contributed by atoms with Crippen molar-refractivity contribution in [1.82, 2.24) is 0 Å². The molecule has 1 aromatic heterocycles. The van der Waals surface area contributed by atoms with E-state index < -0.39 is 11.5 Å². The first kappa shape index (κ1) is 15.0. The molecule has 0 fully saturated rings. The van der Waals surface area contributed by atoms with Gasteiger partial charge in [0, 0.05) is 11.1 Å². The summed E-state index contributed by atoms with van der Waals surface area (Å²) in [4.78, 5) is 24.3. The number of rotatable bonds is 4. The van der Waals surface area contributed by atoms with Crippen molar-refractivity contribution in [3.05, 3.63) is 76.1 Å². The molecule has 116 valence electrons. The Morgan fingerprint density at radius 1 is 1.09 bits per heavy atom. The summed E-state index contributed by atoms with van der Waals surface area (Å²) in [6.07, 6.45) is 2.08. The van der Waals surface area contributed by atoms with Gasteiger partial charge in [-0.05, 0) is 36.2 Å². The van der Waals surface area contributed by atoms with Crippen LogP contribution in [0, 0.1) is 0 Å². The van der Waals surface area contributed by atoms with Gasteiger partial charge in [-0.3, -0.25) is 4.79 Å². The van der Waals surface area contributed by atoms with Gasteiger partial charge in [-0.1, -0.05) is 43.7 Å². The maximum absolute atomic E-state index is 12.3. The highest BCUT2D eigenvalue weighted by Gasteiger charge is 2.13. The van der Waals surface area contributed by atoms with Crippen molar-refractivity contribution in [2.75, 3.05) is 5.32 Å². The lowest BCUT2D eigenvalue weighted by Gasteiger charge is -2.06. The van der Waals surface area contributed by atoms with E-state index in [1.165, 1.54) is 5.56 Å². The molecule has 0 saturated heterocycles. The Labute approximate surface area is 133 Å². The number of para-hydroxylation sites is 1. The number of anilines is 1. The van der Waals surface area contributed by atoms with Crippen molar-refractivity contribution in [3.8, 4) is 0 Å². The summed E-state index contributed by atoms with van der Waals surface area (Å²) in [5.74, 6) is -0.465. The fourth-order valence-electron chi connectivity index (χ4n) is 2.46. The van der Waals surface area contributed by atoms with Crippen LogP contribution in [-0.4, -0.2) is 5.91 Å². The van der Waals surface area contributed by atoms with Crippen LogP contribution in [0.15, 0.2) is 63.8 Å². The van der Waals surface area contributed by atoms with Crippen molar-refractivity contribution < 1.29 is 9.21 Å². The minimum atomic E-state index is -0.635. The molecule has 3 aromatic rings. The van der Waals surface area contributed by atoms with Crippen molar-refractivity contribution >= 4 is 22.6 Å². The van der Waals surface area contributed by atoms with Crippen LogP contribution in [0.1, 0.15) is 29.3 Å². The molecule has 0 aliphatic rings. The average molecular weight is 307 g/mol. The van der Waals surface area contributed by atoms with E-state index in [4.69, 9.17) is 4.42 Å². The third kappa shape index (κ3) is 3.31. The highest BCUT2D eigenvalue weighted by atomic mass is 16.4. The van der Waals surface area contributed by atoms with Gasteiger partial charge in [-0.25, -0.2) is 4.79 Å². The lowest BCUT2D eigenvalue weighted by molar-refractivity contribution is 0.102. The number of carbonyl (C=O) groups excluding carboxylic acids is 1.